The van der Waals surface area contributed by atoms with Crippen molar-refractivity contribution in [3.05, 3.63) is 16.1 Å². The summed E-state index contributed by atoms with van der Waals surface area (Å²) in [5.74, 6) is -1.41. The van der Waals surface area contributed by atoms with Crippen LogP contribution in [0, 0.1) is 12.3 Å². The third kappa shape index (κ3) is 2.12. The van der Waals surface area contributed by atoms with Crippen molar-refractivity contribution in [2.24, 2.45) is 5.41 Å². The number of carboxylic acid groups (broad SMARTS) is 1. The number of rotatable bonds is 4. The number of hydrogen-bond donors (Lipinski definition) is 2. The number of amides is 1. The molecule has 1 aliphatic carbocycles. The van der Waals surface area contributed by atoms with Gasteiger partial charge in [-0.15, -0.1) is 11.3 Å². The van der Waals surface area contributed by atoms with Gasteiger partial charge in [0.2, 0.25) is 5.91 Å². The van der Waals surface area contributed by atoms with Crippen molar-refractivity contribution < 1.29 is 14.7 Å². The fourth-order valence-corrected chi connectivity index (χ4v) is 2.84. The molecule has 0 radical (unpaired) electrons. The fourth-order valence-electron chi connectivity index (χ4n) is 2.04. The highest BCUT2D eigenvalue weighted by atomic mass is 32.1. The predicted molar refractivity (Wildman–Crippen MR) is 67.3 cm³/mol. The number of hydrogen-bond acceptors (Lipinski definition) is 4. The topological polar surface area (TPSA) is 79.3 Å². The van der Waals surface area contributed by atoms with E-state index < -0.39 is 11.4 Å². The van der Waals surface area contributed by atoms with E-state index in [1.807, 2.05) is 19.2 Å². The van der Waals surface area contributed by atoms with Gasteiger partial charge in [0.1, 0.15) is 10.4 Å². The number of nitrogens with one attached hydrogen (secondary N) is 1. The third-order valence-electron chi connectivity index (χ3n) is 3.41. The first-order valence-corrected chi connectivity index (χ1v) is 6.80. The van der Waals surface area contributed by atoms with Crippen LogP contribution in [0.5, 0.6) is 0 Å². The largest absolute Gasteiger partial charge is 0.480 e. The number of carbonyl (C=O) groups is 2. The number of aryl methyl sites for hydroxylation is 1. The average Bonchev–Trinajstić information content (AvgIpc) is 2.62. The highest BCUT2D eigenvalue weighted by molar-refractivity contribution is 7.09. The molecule has 0 saturated heterocycles. The van der Waals surface area contributed by atoms with E-state index in [1.54, 1.807) is 0 Å². The molecular formula is C12H16N2O3S. The van der Waals surface area contributed by atoms with Crippen molar-refractivity contribution in [3.63, 3.8) is 0 Å². The molecule has 1 fully saturated rings. The summed E-state index contributed by atoms with van der Waals surface area (Å²) in [5, 5.41) is 14.6. The Bertz CT molecular complexity index is 479. The molecule has 1 unspecified atom stereocenters. The first-order valence-electron chi connectivity index (χ1n) is 5.92. The molecule has 2 N–H and O–H groups in total. The van der Waals surface area contributed by atoms with Gasteiger partial charge in [-0.25, -0.2) is 4.98 Å². The van der Waals surface area contributed by atoms with Crippen LogP contribution in [-0.4, -0.2) is 22.0 Å². The van der Waals surface area contributed by atoms with Crippen LogP contribution in [-0.2, 0) is 9.59 Å². The molecule has 5 nitrogen and oxygen atoms in total. The summed E-state index contributed by atoms with van der Waals surface area (Å²) in [5.41, 5.74) is -0.298. The first-order chi connectivity index (χ1) is 8.45. The van der Waals surface area contributed by atoms with Gasteiger partial charge in [0.05, 0.1) is 6.04 Å². The minimum absolute atomic E-state index is 0.243. The maximum absolute atomic E-state index is 12.1. The minimum Gasteiger partial charge on any atom is -0.480 e. The lowest BCUT2D eigenvalue weighted by atomic mass is 9.68. The molecule has 2 rings (SSSR count). The molecule has 18 heavy (non-hydrogen) atoms. The highest BCUT2D eigenvalue weighted by Gasteiger charge is 2.51. The van der Waals surface area contributed by atoms with E-state index >= 15 is 0 Å². The summed E-state index contributed by atoms with van der Waals surface area (Å²) in [6.45, 7) is 3.71. The van der Waals surface area contributed by atoms with Crippen LogP contribution < -0.4 is 5.32 Å². The van der Waals surface area contributed by atoms with Gasteiger partial charge in [0.25, 0.3) is 0 Å². The van der Waals surface area contributed by atoms with Crippen LogP contribution in [0.3, 0.4) is 0 Å². The number of carboxylic acids is 1. The first kappa shape index (κ1) is 13.0. The van der Waals surface area contributed by atoms with E-state index in [9.17, 15) is 9.59 Å². The second-order valence-corrected chi connectivity index (χ2v) is 5.65. The Kier molecular flexibility index (Phi) is 3.38. The lowest BCUT2D eigenvalue weighted by Gasteiger charge is -2.36. The molecule has 1 aromatic heterocycles. The van der Waals surface area contributed by atoms with Crippen LogP contribution in [0.4, 0.5) is 0 Å². The van der Waals surface area contributed by atoms with Crippen LogP contribution in [0.1, 0.15) is 42.9 Å². The summed E-state index contributed by atoms with van der Waals surface area (Å²) in [6.07, 6.45) is 1.65. The van der Waals surface area contributed by atoms with E-state index in [2.05, 4.69) is 10.3 Å². The SMILES string of the molecule is Cc1csc(C(C)NC(=O)C2(C(=O)O)CCC2)n1. The lowest BCUT2D eigenvalue weighted by Crippen LogP contribution is -2.51. The maximum atomic E-state index is 12.1. The quantitative estimate of drug-likeness (QED) is 0.817. The summed E-state index contributed by atoms with van der Waals surface area (Å²) in [4.78, 5) is 27.5. The molecular weight excluding hydrogens is 252 g/mol. The van der Waals surface area contributed by atoms with E-state index in [1.165, 1.54) is 11.3 Å². The highest BCUT2D eigenvalue weighted by Crippen LogP contribution is 2.41. The van der Waals surface area contributed by atoms with Crippen LogP contribution in [0.25, 0.3) is 0 Å². The van der Waals surface area contributed by atoms with Crippen molar-refractivity contribution in [2.75, 3.05) is 0 Å². The Hall–Kier alpha value is -1.43. The standard InChI is InChI=1S/C12H16N2O3S/c1-7-6-18-9(13-7)8(2)14-10(15)12(11(16)17)4-3-5-12/h6,8H,3-5H2,1-2H3,(H,14,15)(H,16,17). The Morgan fingerprint density at radius 3 is 2.61 bits per heavy atom. The van der Waals surface area contributed by atoms with Crippen molar-refractivity contribution in [3.8, 4) is 0 Å². The average molecular weight is 268 g/mol. The number of aromatic nitrogens is 1. The molecule has 1 atom stereocenters. The molecule has 0 aromatic carbocycles. The van der Waals surface area contributed by atoms with Crippen LogP contribution in [0.15, 0.2) is 5.38 Å². The second kappa shape index (κ2) is 4.68. The van der Waals surface area contributed by atoms with Crippen molar-refractivity contribution in [2.45, 2.75) is 39.2 Å². The predicted octanol–water partition coefficient (Wildman–Crippen LogP) is 1.88. The van der Waals surface area contributed by atoms with Gasteiger partial charge in [0, 0.05) is 11.1 Å². The van der Waals surface area contributed by atoms with E-state index in [0.29, 0.717) is 12.8 Å². The Labute approximate surface area is 109 Å². The van der Waals surface area contributed by atoms with E-state index in [-0.39, 0.29) is 11.9 Å². The second-order valence-electron chi connectivity index (χ2n) is 4.76. The monoisotopic (exact) mass is 268 g/mol. The third-order valence-corrected chi connectivity index (χ3v) is 4.55. The molecule has 1 heterocycles. The number of carbonyl (C=O) groups excluding carboxylic acids is 1. The smallest absolute Gasteiger partial charge is 0.319 e. The van der Waals surface area contributed by atoms with Crippen LogP contribution in [0.2, 0.25) is 0 Å². The van der Waals surface area contributed by atoms with E-state index in [4.69, 9.17) is 5.11 Å². The zero-order valence-corrected chi connectivity index (χ0v) is 11.2. The van der Waals surface area contributed by atoms with Crippen LogP contribution >= 0.6 is 11.3 Å². The lowest BCUT2D eigenvalue weighted by molar-refractivity contribution is -0.162. The zero-order chi connectivity index (χ0) is 13.3. The Balaban J connectivity index is 2.05. The zero-order valence-electron chi connectivity index (χ0n) is 10.4. The summed E-state index contributed by atoms with van der Waals surface area (Å²) < 4.78 is 0. The van der Waals surface area contributed by atoms with Gasteiger partial charge in [-0.3, -0.25) is 9.59 Å². The number of aliphatic carboxylic acids is 1. The van der Waals surface area contributed by atoms with Gasteiger partial charge < -0.3 is 10.4 Å². The van der Waals surface area contributed by atoms with Gasteiger partial charge in [-0.2, -0.15) is 0 Å². The minimum atomic E-state index is -1.21. The van der Waals surface area contributed by atoms with Crippen molar-refractivity contribution in [1.82, 2.24) is 10.3 Å². The molecule has 0 aliphatic heterocycles. The normalized spacial score (nSPS) is 18.8. The van der Waals surface area contributed by atoms with Gasteiger partial charge >= 0.3 is 5.97 Å². The molecule has 1 amide bonds. The molecule has 1 aliphatic rings. The Morgan fingerprint density at radius 2 is 2.22 bits per heavy atom. The van der Waals surface area contributed by atoms with Gasteiger partial charge in [-0.1, -0.05) is 6.42 Å². The summed E-state index contributed by atoms with van der Waals surface area (Å²) in [6, 6.07) is -0.243. The number of nitrogens with zero attached hydrogens (tertiary/aromatic N) is 1. The van der Waals surface area contributed by atoms with E-state index in [0.717, 1.165) is 17.1 Å². The van der Waals surface area contributed by atoms with Gasteiger partial charge in [-0.05, 0) is 26.7 Å². The molecule has 0 spiro atoms. The molecule has 1 aromatic rings. The van der Waals surface area contributed by atoms with Crippen molar-refractivity contribution >= 4 is 23.2 Å². The maximum Gasteiger partial charge on any atom is 0.319 e. The molecule has 6 heteroatoms. The van der Waals surface area contributed by atoms with Crippen molar-refractivity contribution in [1.29, 1.82) is 0 Å². The Morgan fingerprint density at radius 1 is 1.56 bits per heavy atom. The molecule has 1 saturated carbocycles. The molecule has 98 valence electrons. The number of thiazole rings is 1. The molecule has 0 bridgehead atoms. The summed E-state index contributed by atoms with van der Waals surface area (Å²) in [7, 11) is 0. The van der Waals surface area contributed by atoms with Gasteiger partial charge in [0.15, 0.2) is 0 Å². The summed E-state index contributed by atoms with van der Waals surface area (Å²) >= 11 is 1.47. The fraction of sp³-hybridized carbons (Fsp3) is 0.583.